The van der Waals surface area contributed by atoms with E-state index < -0.39 is 46.6 Å². The van der Waals surface area contributed by atoms with Gasteiger partial charge in [-0.05, 0) is 126 Å². The van der Waals surface area contributed by atoms with Crippen molar-refractivity contribution in [2.24, 2.45) is 0 Å². The molecule has 2 aliphatic carbocycles. The zero-order valence-electron chi connectivity index (χ0n) is 33.0. The van der Waals surface area contributed by atoms with Crippen LogP contribution in [0.5, 0.6) is 46.0 Å². The van der Waals surface area contributed by atoms with Crippen LogP contribution in [0.3, 0.4) is 0 Å². The van der Waals surface area contributed by atoms with E-state index >= 15 is 0 Å². The smallest absolute Gasteiger partial charge is 0.345 e. The third-order valence-electron chi connectivity index (χ3n) is 11.6. The Balaban J connectivity index is 1.52. The summed E-state index contributed by atoms with van der Waals surface area (Å²) in [5.41, 5.74) is 3.73. The SMILES string of the molecule is CCCCCC(=CC(=O)O[C@@H](C(=O)O)[C@H](CNCC)c1cc(O)c(O)c(O)c1)c1cc(O)c(O)c2c1C=C(c1cc(O)c(O)cc1-c1cccc(O)c1)CC21CCCC1. The van der Waals surface area contributed by atoms with Crippen LogP contribution in [0, 0.1) is 0 Å². The Morgan fingerprint density at radius 2 is 1.47 bits per heavy atom. The number of aromatic hydroxyl groups is 8. The first-order chi connectivity index (χ1) is 28.2. The number of unbranched alkanes of at least 4 members (excludes halogenated alkanes) is 2. The maximum absolute atomic E-state index is 14.0. The quantitative estimate of drug-likeness (QED) is 0.0237. The van der Waals surface area contributed by atoms with Crippen LogP contribution in [0.25, 0.3) is 28.3 Å². The number of likely N-dealkylation sites (N-methyl/N-ethyl adjacent to an activating group) is 1. The molecular weight excluding hydrogens is 759 g/mol. The van der Waals surface area contributed by atoms with Crippen LogP contribution in [-0.4, -0.2) is 77.1 Å². The number of nitrogens with one attached hydrogen (secondary N) is 1. The number of carboxylic acid groups (broad SMARTS) is 1. The van der Waals surface area contributed by atoms with Gasteiger partial charge in [-0.15, -0.1) is 0 Å². The van der Waals surface area contributed by atoms with Gasteiger partial charge in [0, 0.05) is 29.5 Å². The van der Waals surface area contributed by atoms with Crippen LogP contribution < -0.4 is 5.32 Å². The number of phenols is 8. The van der Waals surface area contributed by atoms with Crippen molar-refractivity contribution in [1.29, 1.82) is 0 Å². The zero-order valence-corrected chi connectivity index (χ0v) is 33.0. The minimum atomic E-state index is -1.81. The molecule has 2 atom stereocenters. The van der Waals surface area contributed by atoms with Gasteiger partial charge in [0.1, 0.15) is 5.75 Å². The van der Waals surface area contributed by atoms with Gasteiger partial charge < -0.3 is 56.0 Å². The number of carbonyl (C=O) groups excluding carboxylic acids is 1. The van der Waals surface area contributed by atoms with Gasteiger partial charge in [-0.3, -0.25) is 0 Å². The van der Waals surface area contributed by atoms with Gasteiger partial charge in [0.15, 0.2) is 40.2 Å². The number of hydrogen-bond donors (Lipinski definition) is 10. The van der Waals surface area contributed by atoms with Crippen LogP contribution in [0.4, 0.5) is 0 Å². The summed E-state index contributed by atoms with van der Waals surface area (Å²) in [7, 11) is 0. The lowest BCUT2D eigenvalue weighted by atomic mass is 9.65. The molecule has 59 heavy (non-hydrogen) atoms. The number of phenolic OH excluding ortho intramolecular Hbond substituents is 8. The third kappa shape index (κ3) is 8.75. The molecule has 4 aromatic carbocycles. The fourth-order valence-electron chi connectivity index (χ4n) is 8.71. The van der Waals surface area contributed by atoms with Crippen molar-refractivity contribution in [2.75, 3.05) is 13.1 Å². The fourth-order valence-corrected chi connectivity index (χ4v) is 8.71. The van der Waals surface area contributed by atoms with E-state index in [1.54, 1.807) is 25.1 Å². The van der Waals surface area contributed by atoms with Crippen molar-refractivity contribution in [3.63, 3.8) is 0 Å². The normalized spacial score (nSPS) is 15.7. The molecule has 0 aliphatic heterocycles. The summed E-state index contributed by atoms with van der Waals surface area (Å²) < 4.78 is 5.69. The molecule has 0 saturated heterocycles. The Morgan fingerprint density at radius 1 is 0.814 bits per heavy atom. The van der Waals surface area contributed by atoms with Crippen molar-refractivity contribution in [3.8, 4) is 57.1 Å². The molecule has 1 spiro atoms. The van der Waals surface area contributed by atoms with Crippen LogP contribution in [0.2, 0.25) is 0 Å². The lowest BCUT2D eigenvalue weighted by Crippen LogP contribution is -2.38. The summed E-state index contributed by atoms with van der Waals surface area (Å²) >= 11 is 0. The second-order valence-corrected chi connectivity index (χ2v) is 15.5. The van der Waals surface area contributed by atoms with Crippen LogP contribution in [-0.2, 0) is 19.7 Å². The molecule has 6 rings (SSSR count). The molecule has 312 valence electrons. The molecule has 0 aromatic heterocycles. The fraction of sp³-hybridized carbons (Fsp3) is 0.348. The van der Waals surface area contributed by atoms with Gasteiger partial charge in [0.25, 0.3) is 0 Å². The van der Waals surface area contributed by atoms with Crippen LogP contribution in [0.15, 0.2) is 60.7 Å². The number of allylic oxidation sites excluding steroid dienone is 2. The highest BCUT2D eigenvalue weighted by molar-refractivity contribution is 5.99. The lowest BCUT2D eigenvalue weighted by Gasteiger charge is -2.38. The van der Waals surface area contributed by atoms with Gasteiger partial charge in [0.05, 0.1) is 0 Å². The number of benzene rings is 4. The van der Waals surface area contributed by atoms with Crippen molar-refractivity contribution in [3.05, 3.63) is 88.5 Å². The first-order valence-electron chi connectivity index (χ1n) is 19.9. The molecule has 0 unspecified atom stereocenters. The third-order valence-corrected chi connectivity index (χ3v) is 11.6. The van der Waals surface area contributed by atoms with Crippen molar-refractivity contribution >= 4 is 29.2 Å². The van der Waals surface area contributed by atoms with E-state index in [4.69, 9.17) is 4.74 Å². The highest BCUT2D eigenvalue weighted by Crippen LogP contribution is 2.58. The molecule has 4 aromatic rings. The highest BCUT2D eigenvalue weighted by Gasteiger charge is 2.44. The predicted octanol–water partition coefficient (Wildman–Crippen LogP) is 8.11. The molecule has 1 saturated carbocycles. The molecule has 0 bridgehead atoms. The molecule has 13 heteroatoms. The Morgan fingerprint density at radius 3 is 2.10 bits per heavy atom. The van der Waals surface area contributed by atoms with E-state index in [0.29, 0.717) is 77.6 Å². The highest BCUT2D eigenvalue weighted by atomic mass is 16.6. The Hall–Kier alpha value is -6.34. The van der Waals surface area contributed by atoms with E-state index in [1.165, 1.54) is 30.3 Å². The van der Waals surface area contributed by atoms with Gasteiger partial charge >= 0.3 is 11.9 Å². The van der Waals surface area contributed by atoms with Crippen molar-refractivity contribution < 1.29 is 60.3 Å². The summed E-state index contributed by atoms with van der Waals surface area (Å²) in [6.45, 7) is 4.18. The van der Waals surface area contributed by atoms with Crippen molar-refractivity contribution in [2.45, 2.75) is 89.1 Å². The summed E-state index contributed by atoms with van der Waals surface area (Å²) in [6, 6.07) is 13.0. The number of esters is 1. The summed E-state index contributed by atoms with van der Waals surface area (Å²) in [5.74, 6) is -7.15. The topological polar surface area (TPSA) is 237 Å². The molecular formula is C46H51NO12. The standard InChI is InChI=1S/C46H51NO12/c1-3-5-6-10-26(19-40(54)59-44(45(57)58)34(24-47-4-2)27-17-37(51)42(55)38(52)18-27)31-22-39(53)43(56)41-33(31)16-28(23-46(41)13-7-8-14-46)32-21-36(50)35(49)20-30(32)25-11-9-12-29(48)15-25/h9,11-12,15-22,34,44,47-53,55-56H,3-8,10,13-14,23-24H2,1-2H3,(H,57,58)/t34-,44-/m1/s1. The number of carbonyl (C=O) groups is 2. The van der Waals surface area contributed by atoms with E-state index in [1.807, 2.05) is 13.0 Å². The second kappa shape index (κ2) is 17.7. The molecule has 0 radical (unpaired) electrons. The number of hydrogen-bond acceptors (Lipinski definition) is 12. The molecule has 2 aliphatic rings. The number of fused-ring (bicyclic) bond motifs is 2. The largest absolute Gasteiger partial charge is 0.508 e. The second-order valence-electron chi connectivity index (χ2n) is 15.5. The van der Waals surface area contributed by atoms with Gasteiger partial charge in [-0.25, -0.2) is 9.59 Å². The maximum Gasteiger partial charge on any atom is 0.345 e. The zero-order chi connectivity index (χ0) is 42.6. The van der Waals surface area contributed by atoms with Crippen LogP contribution >= 0.6 is 0 Å². The Labute approximate surface area is 341 Å². The predicted molar refractivity (Wildman–Crippen MR) is 222 cm³/mol. The van der Waals surface area contributed by atoms with E-state index in [2.05, 4.69) is 5.32 Å². The van der Waals surface area contributed by atoms with Gasteiger partial charge in [-0.2, -0.15) is 0 Å². The number of ether oxygens (including phenoxy) is 1. The molecule has 0 amide bonds. The average molecular weight is 810 g/mol. The van der Waals surface area contributed by atoms with Crippen molar-refractivity contribution in [1.82, 2.24) is 5.32 Å². The number of rotatable bonds is 15. The van der Waals surface area contributed by atoms with E-state index in [0.717, 1.165) is 43.4 Å². The summed E-state index contributed by atoms with van der Waals surface area (Å²) in [5, 5.41) is 98.7. The summed E-state index contributed by atoms with van der Waals surface area (Å²) in [6.07, 6.45) is 7.16. The minimum Gasteiger partial charge on any atom is -0.508 e. The number of carboxylic acids is 1. The van der Waals surface area contributed by atoms with Gasteiger partial charge in [-0.1, -0.05) is 57.7 Å². The number of aliphatic carboxylic acids is 1. The minimum absolute atomic E-state index is 0.00474. The lowest BCUT2D eigenvalue weighted by molar-refractivity contribution is -0.162. The maximum atomic E-state index is 14.0. The Bertz CT molecular complexity index is 2280. The summed E-state index contributed by atoms with van der Waals surface area (Å²) in [4.78, 5) is 26.8. The molecule has 1 fully saturated rings. The first kappa shape index (κ1) is 42.3. The molecule has 10 N–H and O–H groups in total. The Kier molecular flexibility index (Phi) is 12.6. The molecule has 0 heterocycles. The van der Waals surface area contributed by atoms with Gasteiger partial charge in [0.2, 0.25) is 6.10 Å². The van der Waals surface area contributed by atoms with E-state index in [-0.39, 0.29) is 40.9 Å². The molecule has 13 nitrogen and oxygen atoms in total. The monoisotopic (exact) mass is 809 g/mol. The first-order valence-corrected chi connectivity index (χ1v) is 19.9. The van der Waals surface area contributed by atoms with E-state index in [9.17, 15) is 55.5 Å². The average Bonchev–Trinajstić information content (AvgIpc) is 3.66. The van der Waals surface area contributed by atoms with Crippen LogP contribution in [0.1, 0.15) is 105 Å².